The van der Waals surface area contributed by atoms with Gasteiger partial charge in [0.1, 0.15) is 44.7 Å². The van der Waals surface area contributed by atoms with Crippen LogP contribution in [0.4, 0.5) is 34.1 Å². The van der Waals surface area contributed by atoms with E-state index in [1.54, 1.807) is 0 Å². The summed E-state index contributed by atoms with van der Waals surface area (Å²) in [4.78, 5) is 4.67. The normalized spacial score (nSPS) is 12.0. The number of furan rings is 4. The van der Waals surface area contributed by atoms with E-state index in [9.17, 15) is 0 Å². The summed E-state index contributed by atoms with van der Waals surface area (Å²) in [5.41, 5.74) is 21.5. The van der Waals surface area contributed by atoms with Crippen molar-refractivity contribution in [2.45, 2.75) is 0 Å². The summed E-state index contributed by atoms with van der Waals surface area (Å²) in [5.74, 6) is 0. The number of hydrogen-bond acceptors (Lipinski definition) is 6. The van der Waals surface area contributed by atoms with Crippen molar-refractivity contribution in [2.24, 2.45) is 0 Å². The Balaban J connectivity index is 0.711. The molecule has 0 aliphatic heterocycles. The van der Waals surface area contributed by atoms with Crippen molar-refractivity contribution in [2.75, 3.05) is 9.80 Å². The maximum absolute atomic E-state index is 7.04. The quantitative estimate of drug-likeness (QED) is 0.127. The van der Waals surface area contributed by atoms with Gasteiger partial charge in [-0.1, -0.05) is 194 Å². The summed E-state index contributed by atoms with van der Waals surface area (Å²) in [7, 11) is 0. The van der Waals surface area contributed by atoms with Crippen LogP contribution < -0.4 is 9.80 Å². The van der Waals surface area contributed by atoms with Crippen molar-refractivity contribution in [3.8, 4) is 44.5 Å². The summed E-state index contributed by atoms with van der Waals surface area (Å²) >= 11 is 0. The second kappa shape index (κ2) is 21.3. The molecule has 0 atom stereocenters. The van der Waals surface area contributed by atoms with Crippen LogP contribution in [0.2, 0.25) is 0 Å². The number of nitrogens with zero attached hydrogens (tertiary/aromatic N) is 2. The zero-order valence-electron chi connectivity index (χ0n) is 51.7. The summed E-state index contributed by atoms with van der Waals surface area (Å²) in [5, 5.41) is 15.5. The van der Waals surface area contributed by atoms with Gasteiger partial charge in [-0.25, -0.2) is 0 Å². The van der Waals surface area contributed by atoms with Crippen molar-refractivity contribution in [1.82, 2.24) is 0 Å². The zero-order valence-corrected chi connectivity index (χ0v) is 51.7. The van der Waals surface area contributed by atoms with Gasteiger partial charge in [0.05, 0.1) is 5.69 Å². The smallest absolute Gasteiger partial charge is 0.137 e. The van der Waals surface area contributed by atoms with Crippen LogP contribution in [0.3, 0.4) is 0 Å². The average molecular weight is 1230 g/mol. The molecule has 0 fully saturated rings. The second-order valence-electron chi connectivity index (χ2n) is 25.1. The zero-order chi connectivity index (χ0) is 63.0. The Morgan fingerprint density at radius 1 is 0.177 bits per heavy atom. The molecule has 4 aromatic heterocycles. The lowest BCUT2D eigenvalue weighted by atomic mass is 9.92. The fourth-order valence-corrected chi connectivity index (χ4v) is 15.1. The summed E-state index contributed by atoms with van der Waals surface area (Å²) in [6.07, 6.45) is 0. The van der Waals surface area contributed by atoms with Gasteiger partial charge in [-0.05, 0) is 181 Å². The molecule has 4 heterocycles. The minimum absolute atomic E-state index is 0.797. The van der Waals surface area contributed by atoms with E-state index in [0.29, 0.717) is 0 Å². The molecule has 0 aliphatic rings. The summed E-state index contributed by atoms with van der Waals surface area (Å²) in [6, 6.07) is 117. The van der Waals surface area contributed by atoms with Crippen molar-refractivity contribution in [1.29, 1.82) is 0 Å². The Bertz CT molecular complexity index is 6370. The fraction of sp³-hybridized carbons (Fsp3) is 0. The predicted octanol–water partition coefficient (Wildman–Crippen LogP) is 26.4. The monoisotopic (exact) mass is 1230 g/mol. The highest BCUT2D eigenvalue weighted by Crippen LogP contribution is 2.49. The van der Waals surface area contributed by atoms with Gasteiger partial charge in [-0.15, -0.1) is 0 Å². The largest absolute Gasteiger partial charge is 0.456 e. The second-order valence-corrected chi connectivity index (χ2v) is 25.1. The lowest BCUT2D eigenvalue weighted by molar-refractivity contribution is 0.668. The van der Waals surface area contributed by atoms with Crippen LogP contribution in [-0.4, -0.2) is 0 Å². The molecule has 96 heavy (non-hydrogen) atoms. The van der Waals surface area contributed by atoms with Crippen molar-refractivity contribution in [3.05, 3.63) is 328 Å². The molecule has 0 saturated heterocycles. The van der Waals surface area contributed by atoms with Gasteiger partial charge in [0, 0.05) is 101 Å². The molecular weight excluding hydrogens is 1170 g/mol. The van der Waals surface area contributed by atoms with E-state index >= 15 is 0 Å². The molecule has 0 radical (unpaired) electrons. The van der Waals surface area contributed by atoms with Crippen LogP contribution in [0.5, 0.6) is 0 Å². The van der Waals surface area contributed by atoms with Gasteiger partial charge < -0.3 is 27.5 Å². The van der Waals surface area contributed by atoms with Crippen molar-refractivity contribution in [3.63, 3.8) is 0 Å². The molecule has 448 valence electrons. The van der Waals surface area contributed by atoms with Crippen molar-refractivity contribution < 1.29 is 17.7 Å². The van der Waals surface area contributed by atoms with E-state index in [2.05, 4.69) is 313 Å². The molecule has 0 saturated carbocycles. The number of para-hydroxylation sites is 1. The Hall–Kier alpha value is -12.9. The van der Waals surface area contributed by atoms with Crippen LogP contribution >= 0.6 is 0 Å². The molecule has 0 aliphatic carbocycles. The Kier molecular flexibility index (Phi) is 11.9. The summed E-state index contributed by atoms with van der Waals surface area (Å²) < 4.78 is 27.2. The van der Waals surface area contributed by atoms with E-state index < -0.39 is 0 Å². The number of hydrogen-bond donors (Lipinski definition) is 0. The molecule has 6 heteroatoms. The van der Waals surface area contributed by atoms with Crippen LogP contribution in [0, 0.1) is 0 Å². The van der Waals surface area contributed by atoms with Gasteiger partial charge in [0.2, 0.25) is 0 Å². The predicted molar refractivity (Wildman–Crippen MR) is 399 cm³/mol. The third kappa shape index (κ3) is 8.66. The van der Waals surface area contributed by atoms with E-state index in [0.717, 1.165) is 182 Å². The first-order valence-corrected chi connectivity index (χ1v) is 32.6. The molecule has 6 nitrogen and oxygen atoms in total. The third-order valence-electron chi connectivity index (χ3n) is 19.6. The molecule has 0 N–H and O–H groups in total. The van der Waals surface area contributed by atoms with E-state index in [1.165, 1.54) is 16.3 Å². The summed E-state index contributed by atoms with van der Waals surface area (Å²) in [6.45, 7) is 0. The van der Waals surface area contributed by atoms with Gasteiger partial charge in [0.15, 0.2) is 0 Å². The lowest BCUT2D eigenvalue weighted by Gasteiger charge is -2.28. The number of fused-ring (bicyclic) bond motifs is 16. The topological polar surface area (TPSA) is 59.0 Å². The van der Waals surface area contributed by atoms with Crippen LogP contribution in [0.25, 0.3) is 165 Å². The lowest BCUT2D eigenvalue weighted by Crippen LogP contribution is -2.10. The molecule has 0 unspecified atom stereocenters. The van der Waals surface area contributed by atoms with E-state index in [-0.39, 0.29) is 0 Å². The molecule has 0 amide bonds. The van der Waals surface area contributed by atoms with Crippen LogP contribution in [-0.2, 0) is 0 Å². The van der Waals surface area contributed by atoms with Crippen molar-refractivity contribution >= 4 is 154 Å². The maximum Gasteiger partial charge on any atom is 0.137 e. The first-order valence-electron chi connectivity index (χ1n) is 32.6. The fourth-order valence-electron chi connectivity index (χ4n) is 15.1. The Morgan fingerprint density at radius 2 is 0.542 bits per heavy atom. The minimum atomic E-state index is 0.797. The molecule has 16 aromatic carbocycles. The van der Waals surface area contributed by atoms with Gasteiger partial charge in [0.25, 0.3) is 0 Å². The SMILES string of the molecule is c1ccc(-c2ccc3c(c2)oc2cc(N(c4ccc5c(c4)oc4cc(-c6ccccc6)ccc45)c4cc5cccc(-c6ccc7c(c6)oc6cc(N(c8ccc(-c9cccc%10ccccc9%10)cc8)c8ccc9c(c8)oc8ccccc89)ccc67)c5c5ccccc45)ccc23)cc1. The molecular formula is C90H54N2O4. The number of rotatable bonds is 10. The van der Waals surface area contributed by atoms with Gasteiger partial charge >= 0.3 is 0 Å². The first kappa shape index (κ1) is 53.7. The third-order valence-corrected chi connectivity index (χ3v) is 19.6. The minimum Gasteiger partial charge on any atom is -0.456 e. The average Bonchev–Trinajstić information content (AvgIpc) is 1.19. The van der Waals surface area contributed by atoms with Gasteiger partial charge in [-0.3, -0.25) is 0 Å². The number of benzene rings is 16. The standard InChI is InChI=1S/C90H54N2O4/c1-3-15-55(16-4-1)59-31-40-73-78-45-38-66(53-88(78)94-83(73)48-59)92(67-39-46-79-74-41-32-60(56-17-5-2-6-18-56)49-84(74)95-89(79)54-67)81-47-62-21-14-27-70(90(62)80-25-10-9-23-71(80)81)61-33-42-75-77-44-37-65(52-87(77)96-85(75)50-61)91(64-36-43-76-72-24-11-12-28-82(72)93-86(76)51-64)63-34-29-58(30-35-63)69-26-13-20-57-19-7-8-22-68(57)69/h1-54H. The Labute approximate surface area is 550 Å². The molecule has 0 bridgehead atoms. The van der Waals surface area contributed by atoms with Crippen LogP contribution in [0.15, 0.2) is 345 Å². The van der Waals surface area contributed by atoms with Gasteiger partial charge in [-0.2, -0.15) is 0 Å². The Morgan fingerprint density at radius 3 is 1.09 bits per heavy atom. The maximum atomic E-state index is 7.04. The van der Waals surface area contributed by atoms with Crippen LogP contribution in [0.1, 0.15) is 0 Å². The first-order chi connectivity index (χ1) is 47.5. The van der Waals surface area contributed by atoms with E-state index in [4.69, 9.17) is 17.7 Å². The number of anilines is 6. The molecule has 20 rings (SSSR count). The molecule has 20 aromatic rings. The molecule has 0 spiro atoms. The van der Waals surface area contributed by atoms with E-state index in [1.807, 2.05) is 24.3 Å². The highest BCUT2D eigenvalue weighted by molar-refractivity contribution is 6.21. The highest BCUT2D eigenvalue weighted by Gasteiger charge is 2.24. The highest BCUT2D eigenvalue weighted by atomic mass is 16.3.